The van der Waals surface area contributed by atoms with Crippen LogP contribution in [-0.2, 0) is 0 Å². The van der Waals surface area contributed by atoms with Crippen LogP contribution in [0.5, 0.6) is 5.75 Å². The molecule has 0 aliphatic rings. The quantitative estimate of drug-likeness (QED) is 0.711. The van der Waals surface area contributed by atoms with Gasteiger partial charge in [0, 0.05) is 18.0 Å². The summed E-state index contributed by atoms with van der Waals surface area (Å²) in [4.78, 5) is 28.5. The molecule has 2 amide bonds. The minimum absolute atomic E-state index is 0.335. The lowest BCUT2D eigenvalue weighted by Crippen LogP contribution is -2.41. The molecule has 6 heteroatoms. The summed E-state index contributed by atoms with van der Waals surface area (Å²) in [6.07, 6.45) is 3.46. The number of amides is 2. The van der Waals surface area contributed by atoms with Crippen LogP contribution in [0.2, 0.25) is 0 Å². The first-order valence-corrected chi connectivity index (χ1v) is 7.93. The van der Waals surface area contributed by atoms with E-state index in [9.17, 15) is 9.59 Å². The van der Waals surface area contributed by atoms with Gasteiger partial charge in [-0.15, -0.1) is 0 Å². The van der Waals surface area contributed by atoms with E-state index in [4.69, 9.17) is 4.74 Å². The predicted octanol–water partition coefficient (Wildman–Crippen LogP) is 2.83. The molecule has 0 saturated carbocycles. The van der Waals surface area contributed by atoms with Gasteiger partial charge in [-0.1, -0.05) is 30.3 Å². The molecule has 0 bridgehead atoms. The lowest BCUT2D eigenvalue weighted by Gasteiger charge is -2.10. The highest BCUT2D eigenvalue weighted by Crippen LogP contribution is 2.18. The minimum atomic E-state index is -0.456. The van der Waals surface area contributed by atoms with Crippen molar-refractivity contribution in [3.63, 3.8) is 0 Å². The van der Waals surface area contributed by atoms with Gasteiger partial charge in [0.1, 0.15) is 5.75 Å². The van der Waals surface area contributed by atoms with Crippen molar-refractivity contribution in [1.29, 1.82) is 0 Å². The Hall–Kier alpha value is -3.67. The summed E-state index contributed by atoms with van der Waals surface area (Å²) in [6.45, 7) is 0. The summed E-state index contributed by atoms with van der Waals surface area (Å²) in [5.74, 6) is -0.436. The third kappa shape index (κ3) is 3.87. The van der Waals surface area contributed by atoms with Gasteiger partial charge < -0.3 is 4.74 Å². The average molecular weight is 347 g/mol. The van der Waals surface area contributed by atoms with Crippen LogP contribution in [-0.4, -0.2) is 23.9 Å². The van der Waals surface area contributed by atoms with Crippen LogP contribution in [0.3, 0.4) is 0 Å². The number of hydrogen-bond acceptors (Lipinski definition) is 4. The topological polar surface area (TPSA) is 80.3 Å². The Morgan fingerprint density at radius 1 is 0.846 bits per heavy atom. The monoisotopic (exact) mass is 347 g/mol. The van der Waals surface area contributed by atoms with Gasteiger partial charge >= 0.3 is 0 Å². The normalized spacial score (nSPS) is 10.0. The minimum Gasteiger partial charge on any atom is -0.496 e. The number of pyridine rings is 1. The maximum Gasteiger partial charge on any atom is 0.273 e. The van der Waals surface area contributed by atoms with Gasteiger partial charge in [0.15, 0.2) is 0 Å². The van der Waals surface area contributed by atoms with Crippen LogP contribution in [0.1, 0.15) is 20.7 Å². The van der Waals surface area contributed by atoms with Crippen LogP contribution in [0.25, 0.3) is 11.1 Å². The molecule has 26 heavy (non-hydrogen) atoms. The Morgan fingerprint density at radius 3 is 2.27 bits per heavy atom. The Kier molecular flexibility index (Phi) is 5.24. The molecule has 2 aromatic carbocycles. The number of methoxy groups -OCH3 is 1. The molecule has 0 unspecified atom stereocenters. The molecule has 0 aliphatic carbocycles. The molecule has 6 nitrogen and oxygen atoms in total. The zero-order chi connectivity index (χ0) is 18.4. The van der Waals surface area contributed by atoms with Gasteiger partial charge in [0.25, 0.3) is 11.8 Å². The number of rotatable bonds is 4. The fourth-order valence-electron chi connectivity index (χ4n) is 2.43. The Morgan fingerprint density at radius 2 is 1.58 bits per heavy atom. The van der Waals surface area contributed by atoms with Crippen molar-refractivity contribution in [2.45, 2.75) is 0 Å². The molecule has 130 valence electrons. The van der Waals surface area contributed by atoms with Gasteiger partial charge in [-0.2, -0.15) is 0 Å². The van der Waals surface area contributed by atoms with E-state index in [1.807, 2.05) is 24.3 Å². The second-order valence-corrected chi connectivity index (χ2v) is 5.43. The maximum absolute atomic E-state index is 12.2. The highest BCUT2D eigenvalue weighted by molar-refractivity contribution is 6.00. The summed E-state index contributed by atoms with van der Waals surface area (Å²) in [6, 6.07) is 17.6. The number of hydrazine groups is 1. The van der Waals surface area contributed by atoms with Gasteiger partial charge in [-0.25, -0.2) is 0 Å². The van der Waals surface area contributed by atoms with Crippen LogP contribution >= 0.6 is 0 Å². The zero-order valence-corrected chi connectivity index (χ0v) is 14.1. The first kappa shape index (κ1) is 17.2. The number of nitrogens with zero attached hydrogens (tertiary/aromatic N) is 1. The summed E-state index contributed by atoms with van der Waals surface area (Å²) in [5, 5.41) is 0. The lowest BCUT2D eigenvalue weighted by atomic mass is 10.1. The second kappa shape index (κ2) is 7.94. The standard InChI is InChI=1S/C20H17N3O3/c1-26-18-7-3-2-6-17(18)20(25)23-22-19(24)15-10-8-14(9-11-15)16-5-4-12-21-13-16/h2-13H,1H3,(H,22,24)(H,23,25). The number of hydrogen-bond donors (Lipinski definition) is 2. The number of nitrogens with one attached hydrogen (secondary N) is 2. The number of ether oxygens (including phenoxy) is 1. The predicted molar refractivity (Wildman–Crippen MR) is 97.6 cm³/mol. The Balaban J connectivity index is 1.64. The molecule has 3 rings (SSSR count). The van der Waals surface area contributed by atoms with E-state index < -0.39 is 11.8 Å². The molecule has 3 aromatic rings. The molecule has 0 saturated heterocycles. The van der Waals surface area contributed by atoms with Crippen molar-refractivity contribution in [3.8, 4) is 16.9 Å². The van der Waals surface area contributed by atoms with Crippen LogP contribution in [0.4, 0.5) is 0 Å². The third-order valence-electron chi connectivity index (χ3n) is 3.78. The van der Waals surface area contributed by atoms with Crippen molar-refractivity contribution in [3.05, 3.63) is 84.2 Å². The fourth-order valence-corrected chi connectivity index (χ4v) is 2.43. The van der Waals surface area contributed by atoms with Crippen molar-refractivity contribution in [2.75, 3.05) is 7.11 Å². The fraction of sp³-hybridized carbons (Fsp3) is 0.0500. The van der Waals surface area contributed by atoms with E-state index in [1.165, 1.54) is 7.11 Å². The van der Waals surface area contributed by atoms with Gasteiger partial charge in [-0.3, -0.25) is 25.4 Å². The molecule has 0 aliphatic heterocycles. The van der Waals surface area contributed by atoms with E-state index in [0.717, 1.165) is 11.1 Å². The Labute approximate surface area is 150 Å². The average Bonchev–Trinajstić information content (AvgIpc) is 2.72. The molecule has 0 spiro atoms. The molecule has 2 N–H and O–H groups in total. The molecule has 1 heterocycles. The largest absolute Gasteiger partial charge is 0.496 e. The zero-order valence-electron chi connectivity index (χ0n) is 14.1. The first-order valence-electron chi connectivity index (χ1n) is 7.93. The van der Waals surface area contributed by atoms with Crippen LogP contribution in [0, 0.1) is 0 Å². The van der Waals surface area contributed by atoms with Crippen molar-refractivity contribution in [2.24, 2.45) is 0 Å². The molecule has 1 aromatic heterocycles. The van der Waals surface area contributed by atoms with E-state index in [-0.39, 0.29) is 0 Å². The van der Waals surface area contributed by atoms with E-state index >= 15 is 0 Å². The molecular formula is C20H17N3O3. The number of carbonyl (C=O) groups excluding carboxylic acids is 2. The third-order valence-corrected chi connectivity index (χ3v) is 3.78. The van der Waals surface area contributed by atoms with E-state index in [0.29, 0.717) is 16.9 Å². The van der Waals surface area contributed by atoms with E-state index in [1.54, 1.807) is 48.8 Å². The smallest absolute Gasteiger partial charge is 0.273 e. The SMILES string of the molecule is COc1ccccc1C(=O)NNC(=O)c1ccc(-c2cccnc2)cc1. The second-order valence-electron chi connectivity index (χ2n) is 5.43. The van der Waals surface area contributed by atoms with Gasteiger partial charge in [-0.05, 0) is 41.5 Å². The van der Waals surface area contributed by atoms with Gasteiger partial charge in [0.2, 0.25) is 0 Å². The maximum atomic E-state index is 12.2. The molecule has 0 fully saturated rings. The van der Waals surface area contributed by atoms with Crippen molar-refractivity contribution >= 4 is 11.8 Å². The lowest BCUT2D eigenvalue weighted by molar-refractivity contribution is 0.0845. The number of aromatic nitrogens is 1. The number of benzene rings is 2. The Bertz CT molecular complexity index is 909. The summed E-state index contributed by atoms with van der Waals surface area (Å²) in [7, 11) is 1.48. The summed E-state index contributed by atoms with van der Waals surface area (Å²) >= 11 is 0. The molecular weight excluding hydrogens is 330 g/mol. The van der Waals surface area contributed by atoms with Crippen LogP contribution < -0.4 is 15.6 Å². The highest BCUT2D eigenvalue weighted by atomic mass is 16.5. The van der Waals surface area contributed by atoms with Crippen molar-refractivity contribution in [1.82, 2.24) is 15.8 Å². The summed E-state index contributed by atoms with van der Waals surface area (Å²) < 4.78 is 5.13. The number of para-hydroxylation sites is 1. The summed E-state index contributed by atoms with van der Waals surface area (Å²) in [5.41, 5.74) is 7.47. The van der Waals surface area contributed by atoms with Crippen LogP contribution in [0.15, 0.2) is 73.1 Å². The first-order chi connectivity index (χ1) is 12.7. The molecule has 0 radical (unpaired) electrons. The van der Waals surface area contributed by atoms with E-state index in [2.05, 4.69) is 15.8 Å². The van der Waals surface area contributed by atoms with Crippen molar-refractivity contribution < 1.29 is 14.3 Å². The number of carbonyl (C=O) groups is 2. The highest BCUT2D eigenvalue weighted by Gasteiger charge is 2.13. The van der Waals surface area contributed by atoms with Gasteiger partial charge in [0.05, 0.1) is 12.7 Å². The molecule has 0 atom stereocenters.